The molecule has 124 valence electrons. The number of hydrogen-bond acceptors (Lipinski definition) is 6. The first kappa shape index (κ1) is 16.6. The lowest BCUT2D eigenvalue weighted by atomic mass is 10.0. The molecule has 1 aromatic carbocycles. The lowest BCUT2D eigenvalue weighted by Crippen LogP contribution is -2.03. The van der Waals surface area contributed by atoms with Crippen molar-refractivity contribution in [3.63, 3.8) is 0 Å². The minimum Gasteiger partial charge on any atom is -0.446 e. The van der Waals surface area contributed by atoms with Gasteiger partial charge in [0.2, 0.25) is 11.3 Å². The van der Waals surface area contributed by atoms with E-state index in [1.807, 2.05) is 19.1 Å². The van der Waals surface area contributed by atoms with Crippen molar-refractivity contribution in [2.45, 2.75) is 6.92 Å². The molecule has 24 heavy (non-hydrogen) atoms. The van der Waals surface area contributed by atoms with E-state index in [0.717, 1.165) is 23.0 Å². The molecular formula is C15H13N2O5PS. The summed E-state index contributed by atoms with van der Waals surface area (Å²) < 4.78 is 16.4. The summed E-state index contributed by atoms with van der Waals surface area (Å²) in [5.74, 6) is -0.190. The van der Waals surface area contributed by atoms with Gasteiger partial charge in [-0.2, -0.15) is 0 Å². The van der Waals surface area contributed by atoms with Crippen LogP contribution in [-0.2, 0) is 4.57 Å². The van der Waals surface area contributed by atoms with Crippen molar-refractivity contribution in [1.82, 2.24) is 4.98 Å². The number of benzene rings is 1. The Morgan fingerprint density at radius 3 is 2.58 bits per heavy atom. The molecular weight excluding hydrogens is 351 g/mol. The van der Waals surface area contributed by atoms with Gasteiger partial charge in [0, 0.05) is 5.56 Å². The van der Waals surface area contributed by atoms with Gasteiger partial charge >= 0.3 is 7.60 Å². The van der Waals surface area contributed by atoms with Crippen LogP contribution in [0.4, 0.5) is 5.13 Å². The number of carbonyl (C=O) groups is 1. The number of nitrogens with zero attached hydrogens (tertiary/aromatic N) is 1. The minimum absolute atomic E-state index is 0.0817. The molecule has 2 heterocycles. The second kappa shape index (κ2) is 5.99. The van der Waals surface area contributed by atoms with Crippen LogP contribution in [0.1, 0.15) is 20.8 Å². The molecule has 0 radical (unpaired) electrons. The van der Waals surface area contributed by atoms with E-state index >= 15 is 0 Å². The zero-order valence-electron chi connectivity index (χ0n) is 12.5. The Balaban J connectivity index is 2.09. The third kappa shape index (κ3) is 3.05. The predicted molar refractivity (Wildman–Crippen MR) is 90.5 cm³/mol. The molecule has 9 heteroatoms. The lowest BCUT2D eigenvalue weighted by molar-refractivity contribution is 0.104. The maximum atomic E-state index is 12.8. The maximum Gasteiger partial charge on any atom is 0.391 e. The average Bonchev–Trinajstić information content (AvgIpc) is 3.13. The Hall–Kier alpha value is -2.25. The van der Waals surface area contributed by atoms with Gasteiger partial charge in [0.25, 0.3) is 0 Å². The van der Waals surface area contributed by atoms with Gasteiger partial charge in [0.15, 0.2) is 10.9 Å². The average molecular weight is 364 g/mol. The first-order valence-electron chi connectivity index (χ1n) is 6.80. The van der Waals surface area contributed by atoms with Crippen molar-refractivity contribution in [3.8, 4) is 11.5 Å². The molecule has 0 aliphatic carbocycles. The van der Waals surface area contributed by atoms with E-state index in [9.17, 15) is 9.36 Å². The van der Waals surface area contributed by atoms with Crippen molar-refractivity contribution in [2.75, 3.05) is 5.73 Å². The Morgan fingerprint density at radius 1 is 1.25 bits per heavy atom. The zero-order valence-corrected chi connectivity index (χ0v) is 14.2. The number of furan rings is 1. The molecule has 4 N–H and O–H groups in total. The second-order valence-electron chi connectivity index (χ2n) is 5.06. The zero-order chi connectivity index (χ0) is 17.5. The summed E-state index contributed by atoms with van der Waals surface area (Å²) in [6.07, 6.45) is 0. The van der Waals surface area contributed by atoms with Crippen molar-refractivity contribution in [2.24, 2.45) is 0 Å². The summed E-state index contributed by atoms with van der Waals surface area (Å²) >= 11 is 1.00. The van der Waals surface area contributed by atoms with E-state index in [1.54, 1.807) is 12.1 Å². The van der Waals surface area contributed by atoms with Crippen LogP contribution in [0.5, 0.6) is 0 Å². The molecule has 0 aliphatic heterocycles. The van der Waals surface area contributed by atoms with E-state index in [-0.39, 0.29) is 27.2 Å². The fraction of sp³-hybridized carbons (Fsp3) is 0.0667. The number of ketones is 1. The summed E-state index contributed by atoms with van der Waals surface area (Å²) in [6, 6.07) is 9.61. The molecule has 7 nitrogen and oxygen atoms in total. The number of aromatic nitrogens is 1. The fourth-order valence-electron chi connectivity index (χ4n) is 2.22. The van der Waals surface area contributed by atoms with Crippen LogP contribution >= 0.6 is 18.9 Å². The Morgan fingerprint density at radius 2 is 1.96 bits per heavy atom. The summed E-state index contributed by atoms with van der Waals surface area (Å²) in [5.41, 5.74) is 6.71. The Labute approximate surface area is 140 Å². The highest BCUT2D eigenvalue weighted by Gasteiger charge is 2.26. The number of nitrogen functional groups attached to an aromatic ring is 1. The predicted octanol–water partition coefficient (Wildman–Crippen LogP) is 2.33. The molecule has 0 spiro atoms. The van der Waals surface area contributed by atoms with Gasteiger partial charge < -0.3 is 19.9 Å². The van der Waals surface area contributed by atoms with Crippen molar-refractivity contribution in [1.29, 1.82) is 0 Å². The second-order valence-corrected chi connectivity index (χ2v) is 7.62. The van der Waals surface area contributed by atoms with Crippen molar-refractivity contribution in [3.05, 3.63) is 52.4 Å². The normalized spacial score (nSPS) is 11.6. The molecule has 2 aromatic heterocycles. The molecule has 0 aliphatic rings. The molecule has 0 unspecified atom stereocenters. The van der Waals surface area contributed by atoms with Crippen molar-refractivity contribution < 1.29 is 23.6 Å². The highest BCUT2D eigenvalue weighted by molar-refractivity contribution is 7.59. The Kier molecular flexibility index (Phi) is 4.15. The highest BCUT2D eigenvalue weighted by Crippen LogP contribution is 2.37. The quantitative estimate of drug-likeness (QED) is 0.479. The van der Waals surface area contributed by atoms with Crippen molar-refractivity contribution >= 4 is 35.3 Å². The topological polar surface area (TPSA) is 127 Å². The molecule has 0 saturated carbocycles. The van der Waals surface area contributed by atoms with E-state index in [4.69, 9.17) is 19.9 Å². The van der Waals surface area contributed by atoms with Gasteiger partial charge in [0.1, 0.15) is 10.6 Å². The van der Waals surface area contributed by atoms with Crippen LogP contribution < -0.4 is 11.2 Å². The smallest absolute Gasteiger partial charge is 0.391 e. The van der Waals surface area contributed by atoms with Gasteiger partial charge in [-0.3, -0.25) is 9.36 Å². The summed E-state index contributed by atoms with van der Waals surface area (Å²) in [6.45, 7) is 1.82. The number of thiazole rings is 1. The molecule has 0 amide bonds. The molecule has 3 aromatic rings. The summed E-state index contributed by atoms with van der Waals surface area (Å²) in [4.78, 5) is 35.4. The number of hydrogen-bond donors (Lipinski definition) is 3. The SMILES string of the molecule is Cc1ccccc1C(=O)c1sc(N)nc1-c1ccc(P(=O)(O)O)o1. The monoisotopic (exact) mass is 364 g/mol. The number of nitrogens with two attached hydrogens (primary N) is 1. The summed E-state index contributed by atoms with van der Waals surface area (Å²) in [7, 11) is -4.52. The molecule has 0 saturated heterocycles. The number of rotatable bonds is 4. The van der Waals surface area contributed by atoms with Gasteiger partial charge in [-0.05, 0) is 24.6 Å². The summed E-state index contributed by atoms with van der Waals surface area (Å²) in [5, 5.41) is 0.163. The molecule has 0 bridgehead atoms. The third-order valence-corrected chi connectivity index (χ3v) is 5.05. The van der Waals surface area contributed by atoms with Crippen LogP contribution in [0, 0.1) is 6.92 Å². The van der Waals surface area contributed by atoms with Crippen LogP contribution in [0.2, 0.25) is 0 Å². The third-order valence-electron chi connectivity index (χ3n) is 3.35. The van der Waals surface area contributed by atoms with Gasteiger partial charge in [-0.25, -0.2) is 4.98 Å². The fourth-order valence-corrected chi connectivity index (χ4v) is 3.50. The molecule has 0 atom stereocenters. The standard InChI is InChI=1S/C15H13N2O5PS/c1-8-4-2-3-5-9(8)13(18)14-12(17-15(16)24-14)10-6-7-11(22-10)23(19,20)21/h2-7H,1H3,(H2,16,17)(H2,19,20,21). The van der Waals surface area contributed by atoms with Crippen LogP contribution in [-0.4, -0.2) is 20.6 Å². The molecule has 0 fully saturated rings. The van der Waals surface area contributed by atoms with Gasteiger partial charge in [-0.1, -0.05) is 35.6 Å². The van der Waals surface area contributed by atoms with Crippen LogP contribution in [0.25, 0.3) is 11.5 Å². The first-order chi connectivity index (χ1) is 11.3. The highest BCUT2D eigenvalue weighted by atomic mass is 32.1. The molecule has 3 rings (SSSR count). The number of carbonyl (C=O) groups excluding carboxylic acids is 1. The van der Waals surface area contributed by atoms with Crippen LogP contribution in [0.15, 0.2) is 40.8 Å². The maximum absolute atomic E-state index is 12.8. The minimum atomic E-state index is -4.52. The van der Waals surface area contributed by atoms with Gasteiger partial charge in [0.05, 0.1) is 0 Å². The first-order valence-corrected chi connectivity index (χ1v) is 9.23. The van der Waals surface area contributed by atoms with E-state index in [0.29, 0.717) is 5.56 Å². The Bertz CT molecular complexity index is 972. The van der Waals surface area contributed by atoms with E-state index in [2.05, 4.69) is 4.98 Å². The van der Waals surface area contributed by atoms with E-state index < -0.39 is 13.1 Å². The lowest BCUT2D eigenvalue weighted by Gasteiger charge is -2.04. The van der Waals surface area contributed by atoms with E-state index in [1.165, 1.54) is 6.07 Å². The largest absolute Gasteiger partial charge is 0.446 e. The number of anilines is 1. The van der Waals surface area contributed by atoms with Crippen LogP contribution in [0.3, 0.4) is 0 Å². The van der Waals surface area contributed by atoms with Gasteiger partial charge in [-0.15, -0.1) is 0 Å². The number of aryl methyl sites for hydroxylation is 1.